The highest BCUT2D eigenvalue weighted by atomic mass is 32.2. The summed E-state index contributed by atoms with van der Waals surface area (Å²) in [6, 6.07) is 6.11. The number of benzene rings is 1. The molecule has 1 aromatic rings. The zero-order valence-corrected chi connectivity index (χ0v) is 8.91. The molecule has 15 heavy (non-hydrogen) atoms. The van der Waals surface area contributed by atoms with E-state index in [2.05, 4.69) is 5.32 Å². The van der Waals surface area contributed by atoms with E-state index in [0.717, 1.165) is 4.90 Å². The predicted octanol–water partition coefficient (Wildman–Crippen LogP) is 1.43. The molecule has 0 aliphatic carbocycles. The molecule has 0 fully saturated rings. The van der Waals surface area contributed by atoms with Gasteiger partial charge in [-0.2, -0.15) is 0 Å². The number of carbonyl (C=O) groups is 1. The van der Waals surface area contributed by atoms with Crippen LogP contribution in [-0.2, 0) is 4.79 Å². The summed E-state index contributed by atoms with van der Waals surface area (Å²) < 4.78 is 0. The van der Waals surface area contributed by atoms with E-state index in [1.54, 1.807) is 19.2 Å². The van der Waals surface area contributed by atoms with E-state index in [0.29, 0.717) is 5.75 Å². The third kappa shape index (κ3) is 3.59. The minimum absolute atomic E-state index is 0.0549. The van der Waals surface area contributed by atoms with E-state index in [4.69, 9.17) is 0 Å². The van der Waals surface area contributed by atoms with Crippen LogP contribution >= 0.6 is 11.8 Å². The van der Waals surface area contributed by atoms with Gasteiger partial charge in [-0.1, -0.05) is 0 Å². The summed E-state index contributed by atoms with van der Waals surface area (Å²) in [5.74, 6) is 0.243. The molecule has 0 aliphatic heterocycles. The monoisotopic (exact) mass is 226 g/mol. The number of amides is 1. The molecule has 0 aromatic heterocycles. The molecule has 0 aliphatic rings. The van der Waals surface area contributed by atoms with Crippen LogP contribution in [0, 0.1) is 10.1 Å². The van der Waals surface area contributed by atoms with Crippen molar-refractivity contribution >= 4 is 23.4 Å². The number of nitro groups is 1. The van der Waals surface area contributed by atoms with Crippen LogP contribution in [0.2, 0.25) is 0 Å². The van der Waals surface area contributed by atoms with Gasteiger partial charge in [0.15, 0.2) is 0 Å². The van der Waals surface area contributed by atoms with Gasteiger partial charge in [0.2, 0.25) is 5.91 Å². The summed E-state index contributed by atoms with van der Waals surface area (Å²) in [6.07, 6.45) is 0. The molecule has 0 heterocycles. The van der Waals surface area contributed by atoms with Crippen molar-refractivity contribution in [3.63, 3.8) is 0 Å². The van der Waals surface area contributed by atoms with Crippen molar-refractivity contribution in [3.8, 4) is 0 Å². The van der Waals surface area contributed by atoms with Gasteiger partial charge in [0.25, 0.3) is 5.69 Å². The predicted molar refractivity (Wildman–Crippen MR) is 57.9 cm³/mol. The number of rotatable bonds is 4. The van der Waals surface area contributed by atoms with Crippen molar-refractivity contribution in [2.75, 3.05) is 12.8 Å². The summed E-state index contributed by atoms with van der Waals surface area (Å²) in [4.78, 5) is 21.7. The first-order valence-electron chi connectivity index (χ1n) is 4.21. The van der Waals surface area contributed by atoms with Gasteiger partial charge in [-0.25, -0.2) is 0 Å². The Morgan fingerprint density at radius 2 is 2.07 bits per heavy atom. The maximum Gasteiger partial charge on any atom is 0.269 e. The fourth-order valence-electron chi connectivity index (χ4n) is 0.885. The van der Waals surface area contributed by atoms with E-state index in [1.807, 2.05) is 0 Å². The third-order valence-electron chi connectivity index (χ3n) is 1.70. The highest BCUT2D eigenvalue weighted by Gasteiger charge is 2.05. The van der Waals surface area contributed by atoms with E-state index < -0.39 is 4.92 Å². The standard InChI is InChI=1S/C9H10N2O3S/c1-10-9(12)6-15-8-4-2-7(3-5-8)11(13)14/h2-5H,6H2,1H3,(H,10,12). The first-order chi connectivity index (χ1) is 7.13. The number of hydrogen-bond donors (Lipinski definition) is 1. The number of non-ortho nitro benzene ring substituents is 1. The van der Waals surface area contributed by atoms with Crippen LogP contribution in [0.25, 0.3) is 0 Å². The van der Waals surface area contributed by atoms with Crippen LogP contribution in [0.15, 0.2) is 29.2 Å². The minimum Gasteiger partial charge on any atom is -0.358 e. The van der Waals surface area contributed by atoms with Gasteiger partial charge in [0.05, 0.1) is 10.7 Å². The third-order valence-corrected chi connectivity index (χ3v) is 2.71. The Morgan fingerprint density at radius 3 is 2.53 bits per heavy atom. The molecular formula is C9H10N2O3S. The summed E-state index contributed by atoms with van der Waals surface area (Å²) in [5, 5.41) is 12.9. The second-order valence-electron chi connectivity index (χ2n) is 2.71. The van der Waals surface area contributed by atoms with Crippen molar-refractivity contribution in [2.45, 2.75) is 4.90 Å². The number of nitrogens with one attached hydrogen (secondary N) is 1. The normalized spacial score (nSPS) is 9.67. The Kier molecular flexibility index (Phi) is 4.11. The lowest BCUT2D eigenvalue weighted by atomic mass is 10.3. The Balaban J connectivity index is 2.57. The molecule has 80 valence electrons. The van der Waals surface area contributed by atoms with Crippen LogP contribution in [0.5, 0.6) is 0 Å². The molecule has 5 nitrogen and oxygen atoms in total. The maximum absolute atomic E-state index is 10.9. The first-order valence-corrected chi connectivity index (χ1v) is 5.20. The second-order valence-corrected chi connectivity index (χ2v) is 3.76. The van der Waals surface area contributed by atoms with Crippen LogP contribution in [0.3, 0.4) is 0 Å². The zero-order valence-electron chi connectivity index (χ0n) is 8.10. The van der Waals surface area contributed by atoms with Gasteiger partial charge in [-0.05, 0) is 12.1 Å². The van der Waals surface area contributed by atoms with E-state index in [1.165, 1.54) is 23.9 Å². The summed E-state index contributed by atoms with van der Waals surface area (Å²) in [6.45, 7) is 0. The van der Waals surface area contributed by atoms with Crippen LogP contribution < -0.4 is 5.32 Å². The molecule has 6 heteroatoms. The smallest absolute Gasteiger partial charge is 0.269 e. The molecular weight excluding hydrogens is 216 g/mol. The molecule has 1 aromatic carbocycles. The molecule has 0 bridgehead atoms. The topological polar surface area (TPSA) is 72.2 Å². The number of hydrogen-bond acceptors (Lipinski definition) is 4. The summed E-state index contributed by atoms with van der Waals surface area (Å²) >= 11 is 1.34. The number of carbonyl (C=O) groups excluding carboxylic acids is 1. The molecule has 0 saturated carbocycles. The van der Waals surface area contributed by atoms with Crippen molar-refractivity contribution in [1.29, 1.82) is 0 Å². The van der Waals surface area contributed by atoms with E-state index in [-0.39, 0.29) is 11.6 Å². The minimum atomic E-state index is -0.451. The molecule has 1 amide bonds. The second kappa shape index (κ2) is 5.35. The molecule has 0 saturated heterocycles. The molecule has 0 radical (unpaired) electrons. The fourth-order valence-corrected chi connectivity index (χ4v) is 1.66. The largest absolute Gasteiger partial charge is 0.358 e. The highest BCUT2D eigenvalue weighted by Crippen LogP contribution is 2.20. The Morgan fingerprint density at radius 1 is 1.47 bits per heavy atom. The fraction of sp³-hybridized carbons (Fsp3) is 0.222. The lowest BCUT2D eigenvalue weighted by molar-refractivity contribution is -0.384. The van der Waals surface area contributed by atoms with Gasteiger partial charge in [-0.15, -0.1) is 11.8 Å². The molecule has 1 N–H and O–H groups in total. The maximum atomic E-state index is 10.9. The number of thioether (sulfide) groups is 1. The highest BCUT2D eigenvalue weighted by molar-refractivity contribution is 8.00. The van der Waals surface area contributed by atoms with Crippen LogP contribution in [-0.4, -0.2) is 23.6 Å². The van der Waals surface area contributed by atoms with Crippen molar-refractivity contribution < 1.29 is 9.72 Å². The van der Waals surface area contributed by atoms with E-state index in [9.17, 15) is 14.9 Å². The average Bonchev–Trinajstić information content (AvgIpc) is 2.26. The van der Waals surface area contributed by atoms with Crippen LogP contribution in [0.1, 0.15) is 0 Å². The first kappa shape index (κ1) is 11.5. The van der Waals surface area contributed by atoms with Crippen molar-refractivity contribution in [3.05, 3.63) is 34.4 Å². The lowest BCUT2D eigenvalue weighted by Gasteiger charge is -2.00. The van der Waals surface area contributed by atoms with Gasteiger partial charge >= 0.3 is 0 Å². The summed E-state index contributed by atoms with van der Waals surface area (Å²) in [7, 11) is 1.57. The molecule has 1 rings (SSSR count). The van der Waals surface area contributed by atoms with Gasteiger partial charge < -0.3 is 5.32 Å². The zero-order chi connectivity index (χ0) is 11.3. The van der Waals surface area contributed by atoms with Crippen molar-refractivity contribution in [2.24, 2.45) is 0 Å². The summed E-state index contributed by atoms with van der Waals surface area (Å²) in [5.41, 5.74) is 0.0549. The SMILES string of the molecule is CNC(=O)CSc1ccc([N+](=O)[O-])cc1. The average molecular weight is 226 g/mol. The van der Waals surface area contributed by atoms with Gasteiger partial charge in [0, 0.05) is 24.1 Å². The van der Waals surface area contributed by atoms with Crippen molar-refractivity contribution in [1.82, 2.24) is 5.32 Å². The Labute approximate surface area is 91.0 Å². The quantitative estimate of drug-likeness (QED) is 0.479. The molecule has 0 spiro atoms. The van der Waals surface area contributed by atoms with Gasteiger partial charge in [-0.3, -0.25) is 14.9 Å². The number of nitro benzene ring substituents is 1. The molecule has 0 unspecified atom stereocenters. The van der Waals surface area contributed by atoms with Crippen LogP contribution in [0.4, 0.5) is 5.69 Å². The molecule has 0 atom stereocenters. The van der Waals surface area contributed by atoms with E-state index >= 15 is 0 Å². The lowest BCUT2D eigenvalue weighted by Crippen LogP contribution is -2.19. The Hall–Kier alpha value is -1.56. The number of nitrogens with zero attached hydrogens (tertiary/aromatic N) is 1. The van der Waals surface area contributed by atoms with Gasteiger partial charge in [0.1, 0.15) is 0 Å². The Bertz CT molecular complexity index is 364.